The molecule has 7 heteroatoms. The predicted molar refractivity (Wildman–Crippen MR) is 97.0 cm³/mol. The van der Waals surface area contributed by atoms with Crippen LogP contribution in [0.4, 0.5) is 0 Å². The fourth-order valence-corrected chi connectivity index (χ4v) is 2.63. The first kappa shape index (κ1) is 19.8. The number of carbonyl (C=O) groups is 2. The van der Waals surface area contributed by atoms with Gasteiger partial charge in [0.2, 0.25) is 5.91 Å². The van der Waals surface area contributed by atoms with Crippen molar-refractivity contribution in [3.8, 4) is 0 Å². The third kappa shape index (κ3) is 7.24. The summed E-state index contributed by atoms with van der Waals surface area (Å²) in [5.74, 6) is 0.234. The Morgan fingerprint density at radius 2 is 2.00 bits per heavy atom. The second-order valence-corrected chi connectivity index (χ2v) is 6.74. The maximum Gasteiger partial charge on any atom is 0.253 e. The lowest BCUT2D eigenvalue weighted by atomic mass is 10.1. The van der Waals surface area contributed by atoms with Crippen LogP contribution in [0.25, 0.3) is 0 Å². The van der Waals surface area contributed by atoms with Crippen molar-refractivity contribution in [2.75, 3.05) is 18.6 Å². The molecular weight excluding hydrogens is 334 g/mol. The van der Waals surface area contributed by atoms with Gasteiger partial charge >= 0.3 is 0 Å². The zero-order chi connectivity index (χ0) is 17.2. The van der Waals surface area contributed by atoms with Gasteiger partial charge in [-0.25, -0.2) is 0 Å². The van der Waals surface area contributed by atoms with Crippen molar-refractivity contribution in [1.82, 2.24) is 10.6 Å². The highest BCUT2D eigenvalue weighted by Crippen LogP contribution is 2.15. The standard InChI is InChI=1S/C16H24ClN3O2S/c1-11(18)7-9-19-16(22)14(8-10-23-2)20-15(21)12-5-3-4-6-13(12)17/h3-6,11,14H,7-10,18H2,1-2H3,(H,19,22)(H,20,21). The highest BCUT2D eigenvalue weighted by Gasteiger charge is 2.21. The molecule has 0 aliphatic heterocycles. The molecule has 2 amide bonds. The summed E-state index contributed by atoms with van der Waals surface area (Å²) < 4.78 is 0. The molecule has 0 aliphatic rings. The van der Waals surface area contributed by atoms with Gasteiger partial charge in [-0.15, -0.1) is 0 Å². The Morgan fingerprint density at radius 3 is 2.61 bits per heavy atom. The Balaban J connectivity index is 2.68. The van der Waals surface area contributed by atoms with Crippen LogP contribution in [0, 0.1) is 0 Å². The molecule has 5 nitrogen and oxygen atoms in total. The van der Waals surface area contributed by atoms with Crippen LogP contribution >= 0.6 is 23.4 Å². The van der Waals surface area contributed by atoms with Crippen LogP contribution in [0.1, 0.15) is 30.1 Å². The van der Waals surface area contributed by atoms with Gasteiger partial charge in [0.1, 0.15) is 6.04 Å². The maximum absolute atomic E-state index is 12.3. The smallest absolute Gasteiger partial charge is 0.253 e. The second-order valence-electron chi connectivity index (χ2n) is 5.34. The van der Waals surface area contributed by atoms with Crippen LogP contribution < -0.4 is 16.4 Å². The zero-order valence-electron chi connectivity index (χ0n) is 13.5. The minimum atomic E-state index is -0.584. The van der Waals surface area contributed by atoms with E-state index in [4.69, 9.17) is 17.3 Å². The molecule has 0 saturated carbocycles. The Hall–Kier alpha value is -1.24. The van der Waals surface area contributed by atoms with Gasteiger partial charge < -0.3 is 16.4 Å². The van der Waals surface area contributed by atoms with E-state index in [1.165, 1.54) is 0 Å². The third-order valence-electron chi connectivity index (χ3n) is 3.25. The van der Waals surface area contributed by atoms with Crippen molar-refractivity contribution in [1.29, 1.82) is 0 Å². The third-order valence-corrected chi connectivity index (χ3v) is 4.22. The number of amides is 2. The van der Waals surface area contributed by atoms with E-state index in [1.54, 1.807) is 36.0 Å². The molecule has 0 aromatic heterocycles. The largest absolute Gasteiger partial charge is 0.354 e. The molecule has 0 radical (unpaired) electrons. The number of nitrogens with one attached hydrogen (secondary N) is 2. The van der Waals surface area contributed by atoms with Crippen LogP contribution in [0.2, 0.25) is 5.02 Å². The normalized spacial score (nSPS) is 13.2. The first-order chi connectivity index (χ1) is 11.0. The highest BCUT2D eigenvalue weighted by molar-refractivity contribution is 7.98. The summed E-state index contributed by atoms with van der Waals surface area (Å²) >= 11 is 7.65. The first-order valence-corrected chi connectivity index (χ1v) is 9.30. The van der Waals surface area contributed by atoms with Gasteiger partial charge in [0.05, 0.1) is 10.6 Å². The molecule has 0 spiro atoms. The summed E-state index contributed by atoms with van der Waals surface area (Å²) in [6.07, 6.45) is 3.21. The number of hydrogen-bond donors (Lipinski definition) is 3. The zero-order valence-corrected chi connectivity index (χ0v) is 15.0. The number of benzene rings is 1. The molecule has 4 N–H and O–H groups in total. The lowest BCUT2D eigenvalue weighted by Gasteiger charge is -2.19. The van der Waals surface area contributed by atoms with Gasteiger partial charge in [-0.1, -0.05) is 23.7 Å². The number of thioether (sulfide) groups is 1. The number of nitrogens with two attached hydrogens (primary N) is 1. The molecule has 0 aliphatic carbocycles. The van der Waals surface area contributed by atoms with Gasteiger partial charge in [0.15, 0.2) is 0 Å². The fraction of sp³-hybridized carbons (Fsp3) is 0.500. The first-order valence-electron chi connectivity index (χ1n) is 7.53. The SMILES string of the molecule is CSCCC(NC(=O)c1ccccc1Cl)C(=O)NCCC(C)N. The molecule has 1 rings (SSSR count). The van der Waals surface area contributed by atoms with Gasteiger partial charge in [-0.2, -0.15) is 11.8 Å². The molecule has 0 bridgehead atoms. The lowest BCUT2D eigenvalue weighted by Crippen LogP contribution is -2.47. The Kier molecular flexibility index (Phi) is 9.06. The van der Waals surface area contributed by atoms with E-state index in [9.17, 15) is 9.59 Å². The van der Waals surface area contributed by atoms with Crippen molar-refractivity contribution >= 4 is 35.2 Å². The number of carbonyl (C=O) groups excluding carboxylic acids is 2. The summed E-state index contributed by atoms with van der Waals surface area (Å²) in [5, 5.41) is 5.95. The van der Waals surface area contributed by atoms with Crippen molar-refractivity contribution in [3.63, 3.8) is 0 Å². The van der Waals surface area contributed by atoms with Crippen LogP contribution in [0.5, 0.6) is 0 Å². The minimum Gasteiger partial charge on any atom is -0.354 e. The van der Waals surface area contributed by atoms with E-state index < -0.39 is 6.04 Å². The molecule has 0 fully saturated rings. The Bertz CT molecular complexity index is 526. The summed E-state index contributed by atoms with van der Waals surface area (Å²) in [5.41, 5.74) is 6.04. The second kappa shape index (κ2) is 10.5. The van der Waals surface area contributed by atoms with E-state index >= 15 is 0 Å². The van der Waals surface area contributed by atoms with E-state index in [2.05, 4.69) is 10.6 Å². The van der Waals surface area contributed by atoms with E-state index in [1.807, 2.05) is 13.2 Å². The van der Waals surface area contributed by atoms with Crippen LogP contribution in [-0.4, -0.2) is 42.5 Å². The van der Waals surface area contributed by atoms with Crippen LogP contribution in [0.15, 0.2) is 24.3 Å². The lowest BCUT2D eigenvalue weighted by molar-refractivity contribution is -0.123. The van der Waals surface area contributed by atoms with Crippen molar-refractivity contribution < 1.29 is 9.59 Å². The number of halogens is 1. The molecule has 2 atom stereocenters. The average molecular weight is 358 g/mol. The van der Waals surface area contributed by atoms with Crippen LogP contribution in [0.3, 0.4) is 0 Å². The molecule has 128 valence electrons. The minimum absolute atomic E-state index is 0.0256. The molecule has 0 saturated heterocycles. The maximum atomic E-state index is 12.3. The summed E-state index contributed by atoms with van der Waals surface area (Å²) in [6.45, 7) is 2.38. The van der Waals surface area contributed by atoms with Crippen molar-refractivity contribution in [2.45, 2.75) is 31.8 Å². The highest BCUT2D eigenvalue weighted by atomic mass is 35.5. The fourth-order valence-electron chi connectivity index (χ4n) is 1.93. The monoisotopic (exact) mass is 357 g/mol. The Labute approximate surface area is 146 Å². The predicted octanol–water partition coefficient (Wildman–Crippen LogP) is 2.04. The van der Waals surface area contributed by atoms with Crippen molar-refractivity contribution in [3.05, 3.63) is 34.9 Å². The van der Waals surface area contributed by atoms with Gasteiger partial charge in [-0.3, -0.25) is 9.59 Å². The van der Waals surface area contributed by atoms with Gasteiger partial charge in [0.25, 0.3) is 5.91 Å². The van der Waals surface area contributed by atoms with E-state index in [-0.39, 0.29) is 17.9 Å². The molecule has 23 heavy (non-hydrogen) atoms. The number of hydrogen-bond acceptors (Lipinski definition) is 4. The Morgan fingerprint density at radius 1 is 1.30 bits per heavy atom. The topological polar surface area (TPSA) is 84.2 Å². The van der Waals surface area contributed by atoms with E-state index in [0.717, 1.165) is 5.75 Å². The molecular formula is C16H24ClN3O2S. The van der Waals surface area contributed by atoms with Crippen molar-refractivity contribution in [2.24, 2.45) is 5.73 Å². The molecule has 1 aromatic carbocycles. The molecule has 0 heterocycles. The average Bonchev–Trinajstić information content (AvgIpc) is 2.51. The molecule has 2 unspecified atom stereocenters. The van der Waals surface area contributed by atoms with Gasteiger partial charge in [0, 0.05) is 12.6 Å². The summed E-state index contributed by atoms with van der Waals surface area (Å²) in [7, 11) is 0. The van der Waals surface area contributed by atoms with E-state index in [0.29, 0.717) is 30.0 Å². The van der Waals surface area contributed by atoms with Crippen LogP contribution in [-0.2, 0) is 4.79 Å². The quantitative estimate of drug-likeness (QED) is 0.631. The van der Waals surface area contributed by atoms with Gasteiger partial charge in [-0.05, 0) is 43.9 Å². The summed E-state index contributed by atoms with van der Waals surface area (Å²) in [4.78, 5) is 24.6. The molecule has 1 aromatic rings. The summed E-state index contributed by atoms with van der Waals surface area (Å²) in [6, 6.07) is 6.22. The number of rotatable bonds is 9.